The van der Waals surface area contributed by atoms with Crippen LogP contribution in [0.5, 0.6) is 0 Å². The first kappa shape index (κ1) is 12.0. The van der Waals surface area contributed by atoms with E-state index in [1.54, 1.807) is 0 Å². The standard InChI is InChI=1S/C15H15N/c1-4-14(8-5-12(2)3)15-9-6-13(11-16)7-10-15/h4-10H,2H2,1,3H3/b8-5-,14-4+. The van der Waals surface area contributed by atoms with Crippen molar-refractivity contribution in [3.05, 3.63) is 65.8 Å². The second kappa shape index (κ2) is 5.72. The molecule has 1 aromatic carbocycles. The lowest BCUT2D eigenvalue weighted by atomic mass is 10.0. The number of hydrogen-bond acceptors (Lipinski definition) is 1. The summed E-state index contributed by atoms with van der Waals surface area (Å²) < 4.78 is 0. The van der Waals surface area contributed by atoms with E-state index in [4.69, 9.17) is 5.26 Å². The number of hydrogen-bond donors (Lipinski definition) is 0. The Morgan fingerprint density at radius 2 is 1.88 bits per heavy atom. The minimum absolute atomic E-state index is 0.683. The topological polar surface area (TPSA) is 23.8 Å². The fourth-order valence-electron chi connectivity index (χ4n) is 1.33. The Morgan fingerprint density at radius 3 is 2.31 bits per heavy atom. The largest absolute Gasteiger partial charge is 0.192 e. The molecule has 0 N–H and O–H groups in total. The summed E-state index contributed by atoms with van der Waals surface area (Å²) in [6.07, 6.45) is 6.05. The van der Waals surface area contributed by atoms with Crippen molar-refractivity contribution in [3.8, 4) is 6.07 Å². The molecule has 0 fully saturated rings. The van der Waals surface area contributed by atoms with E-state index in [0.29, 0.717) is 5.56 Å². The molecular weight excluding hydrogens is 194 g/mol. The summed E-state index contributed by atoms with van der Waals surface area (Å²) in [5.41, 5.74) is 3.95. The van der Waals surface area contributed by atoms with Gasteiger partial charge >= 0.3 is 0 Å². The molecule has 0 aliphatic carbocycles. The van der Waals surface area contributed by atoms with Crippen LogP contribution in [0.25, 0.3) is 5.57 Å². The van der Waals surface area contributed by atoms with E-state index in [1.807, 2.05) is 56.3 Å². The number of nitriles is 1. The number of rotatable bonds is 3. The zero-order valence-electron chi connectivity index (χ0n) is 9.70. The third kappa shape index (κ3) is 3.25. The van der Waals surface area contributed by atoms with Crippen LogP contribution >= 0.6 is 0 Å². The Labute approximate surface area is 97.0 Å². The minimum Gasteiger partial charge on any atom is -0.192 e. The Kier molecular flexibility index (Phi) is 4.29. The highest BCUT2D eigenvalue weighted by Crippen LogP contribution is 2.17. The molecule has 0 aliphatic rings. The quantitative estimate of drug-likeness (QED) is 0.688. The summed E-state index contributed by atoms with van der Waals surface area (Å²) in [5.74, 6) is 0. The second-order valence-corrected chi connectivity index (χ2v) is 3.61. The number of allylic oxidation sites excluding steroid dienone is 5. The van der Waals surface area contributed by atoms with Crippen molar-refractivity contribution in [1.82, 2.24) is 0 Å². The van der Waals surface area contributed by atoms with E-state index in [1.165, 1.54) is 0 Å². The first-order chi connectivity index (χ1) is 7.67. The van der Waals surface area contributed by atoms with Crippen molar-refractivity contribution in [2.24, 2.45) is 0 Å². The van der Waals surface area contributed by atoms with Crippen LogP contribution < -0.4 is 0 Å². The van der Waals surface area contributed by atoms with Gasteiger partial charge in [-0.15, -0.1) is 0 Å². The monoisotopic (exact) mass is 209 g/mol. The number of benzene rings is 1. The second-order valence-electron chi connectivity index (χ2n) is 3.61. The van der Waals surface area contributed by atoms with Gasteiger partial charge in [0.2, 0.25) is 0 Å². The lowest BCUT2D eigenvalue weighted by molar-refractivity contribution is 1.47. The first-order valence-electron chi connectivity index (χ1n) is 5.18. The Morgan fingerprint density at radius 1 is 1.25 bits per heavy atom. The zero-order chi connectivity index (χ0) is 12.0. The van der Waals surface area contributed by atoms with Gasteiger partial charge in [0.25, 0.3) is 0 Å². The highest BCUT2D eigenvalue weighted by molar-refractivity contribution is 5.74. The summed E-state index contributed by atoms with van der Waals surface area (Å²) in [4.78, 5) is 0. The van der Waals surface area contributed by atoms with E-state index in [2.05, 4.69) is 12.6 Å². The van der Waals surface area contributed by atoms with Gasteiger partial charge in [0.15, 0.2) is 0 Å². The molecule has 0 aromatic heterocycles. The van der Waals surface area contributed by atoms with Crippen molar-refractivity contribution >= 4 is 5.57 Å². The van der Waals surface area contributed by atoms with Gasteiger partial charge in [0.1, 0.15) is 0 Å². The van der Waals surface area contributed by atoms with E-state index in [0.717, 1.165) is 16.7 Å². The molecule has 0 heterocycles. The van der Waals surface area contributed by atoms with Crippen LogP contribution in [0.1, 0.15) is 25.0 Å². The van der Waals surface area contributed by atoms with Crippen LogP contribution in [0.2, 0.25) is 0 Å². The predicted octanol–water partition coefficient (Wildman–Crippen LogP) is 4.09. The Bertz CT molecular complexity index is 467. The van der Waals surface area contributed by atoms with Crippen LogP contribution in [0.15, 0.2) is 54.6 Å². The molecule has 0 spiro atoms. The van der Waals surface area contributed by atoms with Gasteiger partial charge in [-0.25, -0.2) is 0 Å². The highest BCUT2D eigenvalue weighted by Gasteiger charge is 1.96. The maximum absolute atomic E-state index is 8.71. The molecule has 0 atom stereocenters. The van der Waals surface area contributed by atoms with Gasteiger partial charge in [-0.1, -0.05) is 42.5 Å². The van der Waals surface area contributed by atoms with Crippen LogP contribution in [-0.4, -0.2) is 0 Å². The van der Waals surface area contributed by atoms with Crippen molar-refractivity contribution in [2.45, 2.75) is 13.8 Å². The maximum atomic E-state index is 8.71. The predicted molar refractivity (Wildman–Crippen MR) is 68.8 cm³/mol. The molecule has 0 amide bonds. The molecule has 1 rings (SSSR count). The van der Waals surface area contributed by atoms with Gasteiger partial charge < -0.3 is 0 Å². The number of nitrogens with zero attached hydrogens (tertiary/aromatic N) is 1. The van der Waals surface area contributed by atoms with E-state index >= 15 is 0 Å². The van der Waals surface area contributed by atoms with Gasteiger partial charge in [-0.3, -0.25) is 0 Å². The molecule has 0 bridgehead atoms. The van der Waals surface area contributed by atoms with Crippen molar-refractivity contribution in [3.63, 3.8) is 0 Å². The zero-order valence-corrected chi connectivity index (χ0v) is 9.70. The summed E-state index contributed by atoms with van der Waals surface area (Å²) in [7, 11) is 0. The summed E-state index contributed by atoms with van der Waals surface area (Å²) in [6.45, 7) is 7.78. The average Bonchev–Trinajstić information content (AvgIpc) is 2.30. The molecule has 1 heteroatoms. The molecule has 0 radical (unpaired) electrons. The first-order valence-corrected chi connectivity index (χ1v) is 5.18. The Balaban J connectivity index is 2.98. The van der Waals surface area contributed by atoms with E-state index in [9.17, 15) is 0 Å². The lowest BCUT2D eigenvalue weighted by Gasteiger charge is -2.01. The molecule has 0 saturated heterocycles. The molecule has 0 unspecified atom stereocenters. The van der Waals surface area contributed by atoms with Gasteiger partial charge in [0, 0.05) is 0 Å². The molecule has 16 heavy (non-hydrogen) atoms. The molecule has 0 aliphatic heterocycles. The van der Waals surface area contributed by atoms with E-state index < -0.39 is 0 Å². The molecule has 1 nitrogen and oxygen atoms in total. The third-order valence-corrected chi connectivity index (χ3v) is 2.21. The summed E-state index contributed by atoms with van der Waals surface area (Å²) in [5, 5.41) is 8.71. The minimum atomic E-state index is 0.683. The van der Waals surface area contributed by atoms with Crippen LogP contribution in [0.3, 0.4) is 0 Å². The molecule has 80 valence electrons. The normalized spacial score (nSPS) is 11.4. The van der Waals surface area contributed by atoms with Crippen LogP contribution in [-0.2, 0) is 0 Å². The van der Waals surface area contributed by atoms with Gasteiger partial charge in [0.05, 0.1) is 11.6 Å². The Hall–Kier alpha value is -2.07. The average molecular weight is 209 g/mol. The smallest absolute Gasteiger partial charge is 0.0991 e. The summed E-state index contributed by atoms with van der Waals surface area (Å²) >= 11 is 0. The summed E-state index contributed by atoms with van der Waals surface area (Å²) in [6, 6.07) is 9.67. The fraction of sp³-hybridized carbons (Fsp3) is 0.133. The van der Waals surface area contributed by atoms with Crippen LogP contribution in [0, 0.1) is 11.3 Å². The van der Waals surface area contributed by atoms with Crippen LogP contribution in [0.4, 0.5) is 0 Å². The van der Waals surface area contributed by atoms with Crippen molar-refractivity contribution < 1.29 is 0 Å². The fourth-order valence-corrected chi connectivity index (χ4v) is 1.33. The SMILES string of the molecule is C=C(C)/C=C\C(=C/C)c1ccc(C#N)cc1. The van der Waals surface area contributed by atoms with Crippen molar-refractivity contribution in [1.29, 1.82) is 5.26 Å². The van der Waals surface area contributed by atoms with Crippen molar-refractivity contribution in [2.75, 3.05) is 0 Å². The highest BCUT2D eigenvalue weighted by atomic mass is 14.2. The maximum Gasteiger partial charge on any atom is 0.0991 e. The van der Waals surface area contributed by atoms with Gasteiger partial charge in [-0.2, -0.15) is 5.26 Å². The molecule has 1 aromatic rings. The molecule has 0 saturated carbocycles. The third-order valence-electron chi connectivity index (χ3n) is 2.21. The lowest BCUT2D eigenvalue weighted by Crippen LogP contribution is -1.81. The van der Waals surface area contributed by atoms with Gasteiger partial charge in [-0.05, 0) is 37.1 Å². The van der Waals surface area contributed by atoms with E-state index in [-0.39, 0.29) is 0 Å². The molecular formula is C15H15N.